The predicted octanol–water partition coefficient (Wildman–Crippen LogP) is 0.0322. The lowest BCUT2D eigenvalue weighted by Gasteiger charge is -2.28. The van der Waals surface area contributed by atoms with Crippen LogP contribution in [0.5, 0.6) is 0 Å². The average molecular weight is 244 g/mol. The van der Waals surface area contributed by atoms with Crippen LogP contribution in [0.1, 0.15) is 32.1 Å². The van der Waals surface area contributed by atoms with Crippen LogP contribution in [0.2, 0.25) is 0 Å². The van der Waals surface area contributed by atoms with Gasteiger partial charge in [-0.05, 0) is 12.8 Å². The molecule has 0 aromatic heterocycles. The van der Waals surface area contributed by atoms with Gasteiger partial charge in [-0.15, -0.1) is 0 Å². The lowest BCUT2D eigenvalue weighted by molar-refractivity contribution is -0.121. The zero-order valence-electron chi connectivity index (χ0n) is 10.6. The second kappa shape index (κ2) is 8.44. The molecule has 1 aliphatic rings. The monoisotopic (exact) mass is 244 g/mol. The van der Waals surface area contributed by atoms with E-state index < -0.39 is 0 Å². The number of carbonyl (C=O) groups excluding carboxylic acids is 1. The van der Waals surface area contributed by atoms with Gasteiger partial charge in [-0.2, -0.15) is 0 Å². The van der Waals surface area contributed by atoms with Gasteiger partial charge in [0.15, 0.2) is 0 Å². The molecule has 17 heavy (non-hydrogen) atoms. The molecular weight excluding hydrogens is 220 g/mol. The summed E-state index contributed by atoms with van der Waals surface area (Å²) in [5.74, 6) is 0.0276. The summed E-state index contributed by atoms with van der Waals surface area (Å²) >= 11 is 0. The van der Waals surface area contributed by atoms with E-state index >= 15 is 0 Å². The highest BCUT2D eigenvalue weighted by atomic mass is 16.5. The molecule has 1 saturated carbocycles. The summed E-state index contributed by atoms with van der Waals surface area (Å²) in [6.45, 7) is 1.72. The number of nitrogens with one attached hydrogen (secondary N) is 2. The smallest absolute Gasteiger partial charge is 0.221 e. The van der Waals surface area contributed by atoms with Crippen LogP contribution in [-0.2, 0) is 9.53 Å². The van der Waals surface area contributed by atoms with Crippen molar-refractivity contribution in [2.24, 2.45) is 0 Å². The van der Waals surface area contributed by atoms with Crippen LogP contribution in [0.25, 0.3) is 0 Å². The maximum absolute atomic E-state index is 11.4. The van der Waals surface area contributed by atoms with Crippen molar-refractivity contribution >= 4 is 5.91 Å². The van der Waals surface area contributed by atoms with Gasteiger partial charge in [0.25, 0.3) is 0 Å². The van der Waals surface area contributed by atoms with Crippen LogP contribution < -0.4 is 10.6 Å². The van der Waals surface area contributed by atoms with E-state index in [1.165, 1.54) is 0 Å². The quantitative estimate of drug-likeness (QED) is 0.553. The van der Waals surface area contributed by atoms with E-state index in [1.54, 1.807) is 7.11 Å². The number of aliphatic hydroxyl groups excluding tert-OH is 1. The van der Waals surface area contributed by atoms with Gasteiger partial charge in [-0.25, -0.2) is 0 Å². The molecule has 0 radical (unpaired) electrons. The van der Waals surface area contributed by atoms with Crippen molar-refractivity contribution in [1.29, 1.82) is 0 Å². The van der Waals surface area contributed by atoms with Crippen LogP contribution >= 0.6 is 0 Å². The number of rotatable bonds is 7. The van der Waals surface area contributed by atoms with Crippen molar-refractivity contribution in [1.82, 2.24) is 10.6 Å². The van der Waals surface area contributed by atoms with Gasteiger partial charge in [0, 0.05) is 32.7 Å². The zero-order valence-corrected chi connectivity index (χ0v) is 10.6. The van der Waals surface area contributed by atoms with E-state index in [4.69, 9.17) is 4.74 Å². The molecule has 2 atom stereocenters. The van der Waals surface area contributed by atoms with E-state index in [2.05, 4.69) is 10.6 Å². The van der Waals surface area contributed by atoms with Crippen molar-refractivity contribution in [2.45, 2.75) is 44.2 Å². The number of hydrogen-bond acceptors (Lipinski definition) is 4. The first-order valence-corrected chi connectivity index (χ1v) is 6.41. The lowest BCUT2D eigenvalue weighted by atomic mass is 9.92. The Hall–Kier alpha value is -0.650. The summed E-state index contributed by atoms with van der Waals surface area (Å²) < 4.78 is 4.84. The minimum Gasteiger partial charge on any atom is -0.392 e. The van der Waals surface area contributed by atoms with Crippen LogP contribution in [-0.4, -0.2) is 50.0 Å². The molecule has 5 nitrogen and oxygen atoms in total. The SMILES string of the molecule is COCCNC(=O)CCNC1CCCCC1O. The molecule has 2 unspecified atom stereocenters. The fraction of sp³-hybridized carbons (Fsp3) is 0.917. The molecule has 0 aromatic rings. The normalized spacial score (nSPS) is 24.6. The molecule has 0 aliphatic heterocycles. The van der Waals surface area contributed by atoms with Gasteiger partial charge in [0.05, 0.1) is 12.7 Å². The number of methoxy groups -OCH3 is 1. The number of hydrogen-bond donors (Lipinski definition) is 3. The lowest BCUT2D eigenvalue weighted by Crippen LogP contribution is -2.43. The van der Waals surface area contributed by atoms with Crippen molar-refractivity contribution < 1.29 is 14.6 Å². The number of amides is 1. The third-order valence-corrected chi connectivity index (χ3v) is 3.12. The van der Waals surface area contributed by atoms with Gasteiger partial charge >= 0.3 is 0 Å². The van der Waals surface area contributed by atoms with Crippen LogP contribution in [0.15, 0.2) is 0 Å². The van der Waals surface area contributed by atoms with E-state index in [0.29, 0.717) is 26.1 Å². The van der Waals surface area contributed by atoms with Crippen molar-refractivity contribution in [3.8, 4) is 0 Å². The average Bonchev–Trinajstić information content (AvgIpc) is 2.32. The van der Waals surface area contributed by atoms with E-state index in [0.717, 1.165) is 25.7 Å². The van der Waals surface area contributed by atoms with Gasteiger partial charge in [0.2, 0.25) is 5.91 Å². The highest BCUT2D eigenvalue weighted by Gasteiger charge is 2.22. The summed E-state index contributed by atoms with van der Waals surface area (Å²) in [5.41, 5.74) is 0. The third-order valence-electron chi connectivity index (χ3n) is 3.12. The third kappa shape index (κ3) is 6.00. The molecule has 1 amide bonds. The molecule has 5 heteroatoms. The maximum Gasteiger partial charge on any atom is 0.221 e. The Morgan fingerprint density at radius 1 is 1.35 bits per heavy atom. The number of aliphatic hydroxyl groups is 1. The fourth-order valence-electron chi connectivity index (χ4n) is 2.10. The van der Waals surface area contributed by atoms with E-state index in [-0.39, 0.29) is 18.1 Å². The topological polar surface area (TPSA) is 70.6 Å². The Morgan fingerprint density at radius 3 is 2.82 bits per heavy atom. The van der Waals surface area contributed by atoms with Gasteiger partial charge in [-0.1, -0.05) is 12.8 Å². The summed E-state index contributed by atoms with van der Waals surface area (Å²) in [6, 6.07) is 0.163. The molecule has 0 heterocycles. The molecular formula is C12H24N2O3. The molecule has 1 aliphatic carbocycles. The summed E-state index contributed by atoms with van der Waals surface area (Å²) in [6.07, 6.45) is 4.35. The minimum absolute atomic E-state index is 0.0276. The molecule has 1 fully saturated rings. The van der Waals surface area contributed by atoms with E-state index in [1.807, 2.05) is 0 Å². The molecule has 100 valence electrons. The highest BCUT2D eigenvalue weighted by Crippen LogP contribution is 2.18. The van der Waals surface area contributed by atoms with Gasteiger partial charge in [0.1, 0.15) is 0 Å². The maximum atomic E-state index is 11.4. The molecule has 0 bridgehead atoms. The Morgan fingerprint density at radius 2 is 2.12 bits per heavy atom. The van der Waals surface area contributed by atoms with Gasteiger partial charge < -0.3 is 20.5 Å². The van der Waals surface area contributed by atoms with Crippen LogP contribution in [0.4, 0.5) is 0 Å². The first kappa shape index (κ1) is 14.4. The Kier molecular flexibility index (Phi) is 7.16. The highest BCUT2D eigenvalue weighted by molar-refractivity contribution is 5.76. The zero-order chi connectivity index (χ0) is 12.5. The molecule has 0 aromatic carbocycles. The first-order chi connectivity index (χ1) is 8.24. The van der Waals surface area contributed by atoms with E-state index in [9.17, 15) is 9.90 Å². The standard InChI is InChI=1S/C12H24N2O3/c1-17-9-8-14-12(16)6-7-13-10-4-2-3-5-11(10)15/h10-11,13,15H,2-9H2,1H3,(H,14,16). The summed E-state index contributed by atoms with van der Waals surface area (Å²) in [4.78, 5) is 11.4. The number of ether oxygens (including phenoxy) is 1. The Labute approximate surface area is 103 Å². The second-order valence-electron chi connectivity index (χ2n) is 4.51. The van der Waals surface area contributed by atoms with Crippen molar-refractivity contribution in [3.63, 3.8) is 0 Å². The van der Waals surface area contributed by atoms with Crippen molar-refractivity contribution in [2.75, 3.05) is 26.8 Å². The molecule has 3 N–H and O–H groups in total. The Bertz CT molecular complexity index is 224. The van der Waals surface area contributed by atoms with Crippen molar-refractivity contribution in [3.05, 3.63) is 0 Å². The predicted molar refractivity (Wildman–Crippen MR) is 65.8 cm³/mol. The summed E-state index contributed by atoms with van der Waals surface area (Å²) in [7, 11) is 1.61. The van der Waals surface area contributed by atoms with Crippen LogP contribution in [0.3, 0.4) is 0 Å². The largest absolute Gasteiger partial charge is 0.392 e. The van der Waals surface area contributed by atoms with Gasteiger partial charge in [-0.3, -0.25) is 4.79 Å². The minimum atomic E-state index is -0.250. The molecule has 0 saturated heterocycles. The second-order valence-corrected chi connectivity index (χ2v) is 4.51. The fourth-order valence-corrected chi connectivity index (χ4v) is 2.10. The molecule has 0 spiro atoms. The number of carbonyl (C=O) groups is 1. The first-order valence-electron chi connectivity index (χ1n) is 6.41. The Balaban J connectivity index is 2.04. The summed E-state index contributed by atoms with van der Waals surface area (Å²) in [5, 5.41) is 15.7. The molecule has 1 rings (SSSR count). The van der Waals surface area contributed by atoms with Crippen LogP contribution in [0, 0.1) is 0 Å².